The molecule has 0 aromatic carbocycles. The number of hydrogen-bond acceptors (Lipinski definition) is 3. The standard InChI is InChI=1S/C21H34N4O/c1-15(2)13-23(6)17-9-11-24(12-10-17)20(26)25-14-21(4,5)19-18(25)8-7-16(3)22-19/h7-8,15,17H,9-14H2,1-6H3. The molecular weight excluding hydrogens is 324 g/mol. The van der Waals surface area contributed by atoms with Crippen molar-refractivity contribution in [2.24, 2.45) is 5.92 Å². The molecular formula is C21H34N4O. The third kappa shape index (κ3) is 3.73. The number of carbonyl (C=O) groups excluding carboxylic acids is 1. The fourth-order valence-electron chi connectivity index (χ4n) is 4.38. The van der Waals surface area contributed by atoms with Gasteiger partial charge in [-0.2, -0.15) is 0 Å². The van der Waals surface area contributed by atoms with Crippen LogP contribution >= 0.6 is 0 Å². The number of amides is 2. The zero-order chi connectivity index (χ0) is 19.1. The van der Waals surface area contributed by atoms with Crippen molar-refractivity contribution in [3.05, 3.63) is 23.5 Å². The van der Waals surface area contributed by atoms with E-state index in [-0.39, 0.29) is 11.4 Å². The maximum atomic E-state index is 13.2. The number of carbonyl (C=O) groups is 1. The van der Waals surface area contributed by atoms with Gasteiger partial charge in [0, 0.05) is 43.3 Å². The molecule has 0 N–H and O–H groups in total. The predicted molar refractivity (Wildman–Crippen MR) is 107 cm³/mol. The molecule has 0 unspecified atom stereocenters. The van der Waals surface area contributed by atoms with Gasteiger partial charge in [0.25, 0.3) is 0 Å². The molecule has 2 amide bonds. The molecule has 0 bridgehead atoms. The molecule has 1 aromatic rings. The molecule has 3 heterocycles. The van der Waals surface area contributed by atoms with Crippen LogP contribution in [-0.4, -0.2) is 60.1 Å². The smallest absolute Gasteiger partial charge is 0.324 e. The van der Waals surface area contributed by atoms with Gasteiger partial charge in [-0.1, -0.05) is 27.7 Å². The first-order valence-corrected chi connectivity index (χ1v) is 9.94. The number of urea groups is 1. The number of aryl methyl sites for hydroxylation is 1. The second-order valence-corrected chi connectivity index (χ2v) is 9.12. The van der Waals surface area contributed by atoms with Gasteiger partial charge < -0.3 is 9.80 Å². The molecule has 26 heavy (non-hydrogen) atoms. The predicted octanol–water partition coefficient (Wildman–Crippen LogP) is 3.66. The molecule has 1 aromatic heterocycles. The fraction of sp³-hybridized carbons (Fsp3) is 0.714. The number of piperidine rings is 1. The van der Waals surface area contributed by atoms with E-state index < -0.39 is 0 Å². The van der Waals surface area contributed by atoms with Gasteiger partial charge in [0.05, 0.1) is 11.4 Å². The maximum Gasteiger partial charge on any atom is 0.324 e. The summed E-state index contributed by atoms with van der Waals surface area (Å²) < 4.78 is 0. The number of fused-ring (bicyclic) bond motifs is 1. The first-order valence-electron chi connectivity index (χ1n) is 9.94. The molecule has 5 heteroatoms. The number of nitrogens with zero attached hydrogens (tertiary/aromatic N) is 4. The molecule has 0 radical (unpaired) electrons. The van der Waals surface area contributed by atoms with E-state index in [0.717, 1.165) is 49.6 Å². The van der Waals surface area contributed by atoms with Crippen molar-refractivity contribution in [3.63, 3.8) is 0 Å². The van der Waals surface area contributed by atoms with Gasteiger partial charge in [-0.3, -0.25) is 9.88 Å². The van der Waals surface area contributed by atoms with E-state index in [0.29, 0.717) is 18.5 Å². The van der Waals surface area contributed by atoms with Gasteiger partial charge in [0.1, 0.15) is 0 Å². The van der Waals surface area contributed by atoms with Crippen LogP contribution in [0.15, 0.2) is 12.1 Å². The van der Waals surface area contributed by atoms with E-state index in [1.165, 1.54) is 0 Å². The highest BCUT2D eigenvalue weighted by Gasteiger charge is 2.41. The van der Waals surface area contributed by atoms with Crippen LogP contribution in [-0.2, 0) is 5.41 Å². The zero-order valence-electron chi connectivity index (χ0n) is 17.2. The van der Waals surface area contributed by atoms with Gasteiger partial charge in [0.15, 0.2) is 0 Å². The average molecular weight is 359 g/mol. The molecule has 5 nitrogen and oxygen atoms in total. The van der Waals surface area contributed by atoms with Crippen molar-refractivity contribution in [2.45, 2.75) is 58.9 Å². The highest BCUT2D eigenvalue weighted by atomic mass is 16.2. The van der Waals surface area contributed by atoms with E-state index in [2.05, 4.69) is 45.7 Å². The summed E-state index contributed by atoms with van der Waals surface area (Å²) in [5.41, 5.74) is 2.97. The monoisotopic (exact) mass is 358 g/mol. The summed E-state index contributed by atoms with van der Waals surface area (Å²) in [6, 6.07) is 4.81. The van der Waals surface area contributed by atoms with Crippen LogP contribution in [0, 0.1) is 12.8 Å². The van der Waals surface area contributed by atoms with Crippen molar-refractivity contribution in [1.82, 2.24) is 14.8 Å². The number of aromatic nitrogens is 1. The van der Waals surface area contributed by atoms with Crippen molar-refractivity contribution in [3.8, 4) is 0 Å². The minimum absolute atomic E-state index is 0.0905. The quantitative estimate of drug-likeness (QED) is 0.828. The summed E-state index contributed by atoms with van der Waals surface area (Å²) in [6.45, 7) is 14.4. The lowest BCUT2D eigenvalue weighted by atomic mass is 9.91. The molecule has 0 spiro atoms. The van der Waals surface area contributed by atoms with Crippen LogP contribution in [0.5, 0.6) is 0 Å². The summed E-state index contributed by atoms with van der Waals surface area (Å²) in [4.78, 5) is 24.4. The average Bonchev–Trinajstić information content (AvgIpc) is 2.84. The Bertz CT molecular complexity index is 662. The summed E-state index contributed by atoms with van der Waals surface area (Å²) in [6.07, 6.45) is 2.12. The third-order valence-corrected chi connectivity index (χ3v) is 5.74. The topological polar surface area (TPSA) is 39.7 Å². The molecule has 1 fully saturated rings. The minimum Gasteiger partial charge on any atom is -0.324 e. The normalized spacial score (nSPS) is 20.2. The number of likely N-dealkylation sites (tertiary alicyclic amines) is 1. The van der Waals surface area contributed by atoms with Crippen LogP contribution in [0.25, 0.3) is 0 Å². The van der Waals surface area contributed by atoms with Crippen molar-refractivity contribution in [1.29, 1.82) is 0 Å². The molecule has 0 atom stereocenters. The Morgan fingerprint density at radius 1 is 1.31 bits per heavy atom. The second-order valence-electron chi connectivity index (χ2n) is 9.12. The molecule has 3 rings (SSSR count). The lowest BCUT2D eigenvalue weighted by molar-refractivity contribution is 0.129. The number of pyridine rings is 1. The van der Waals surface area contributed by atoms with Gasteiger partial charge in [-0.15, -0.1) is 0 Å². The van der Waals surface area contributed by atoms with E-state index in [9.17, 15) is 4.79 Å². The Morgan fingerprint density at radius 3 is 2.58 bits per heavy atom. The van der Waals surface area contributed by atoms with Crippen LogP contribution in [0.4, 0.5) is 10.5 Å². The molecule has 0 aliphatic carbocycles. The molecule has 2 aliphatic heterocycles. The van der Waals surface area contributed by atoms with Gasteiger partial charge in [0.2, 0.25) is 0 Å². The van der Waals surface area contributed by atoms with Gasteiger partial charge in [-0.05, 0) is 44.9 Å². The summed E-state index contributed by atoms with van der Waals surface area (Å²) in [7, 11) is 2.22. The van der Waals surface area contributed by atoms with Crippen molar-refractivity contribution in [2.75, 3.05) is 38.1 Å². The first kappa shape index (κ1) is 19.2. The van der Waals surface area contributed by atoms with E-state index in [1.807, 2.05) is 22.8 Å². The number of hydrogen-bond donors (Lipinski definition) is 0. The fourth-order valence-corrected chi connectivity index (χ4v) is 4.38. The third-order valence-electron chi connectivity index (χ3n) is 5.74. The van der Waals surface area contributed by atoms with E-state index in [4.69, 9.17) is 4.98 Å². The number of rotatable bonds is 3. The van der Waals surface area contributed by atoms with Gasteiger partial charge in [-0.25, -0.2) is 4.79 Å². The van der Waals surface area contributed by atoms with E-state index >= 15 is 0 Å². The van der Waals surface area contributed by atoms with Gasteiger partial charge >= 0.3 is 6.03 Å². The molecule has 2 aliphatic rings. The van der Waals surface area contributed by atoms with Crippen LogP contribution < -0.4 is 4.90 Å². The van der Waals surface area contributed by atoms with Crippen LogP contribution in [0.3, 0.4) is 0 Å². The summed E-state index contributed by atoms with van der Waals surface area (Å²) in [5.74, 6) is 0.680. The second kappa shape index (κ2) is 7.18. The SMILES string of the molecule is Cc1ccc2c(n1)C(C)(C)CN2C(=O)N1CCC(N(C)CC(C)C)CC1. The molecule has 0 saturated carbocycles. The molecule has 144 valence electrons. The largest absolute Gasteiger partial charge is 0.324 e. The Labute approximate surface area is 158 Å². The Hall–Kier alpha value is -1.62. The summed E-state index contributed by atoms with van der Waals surface area (Å²) >= 11 is 0. The van der Waals surface area contributed by atoms with Crippen LogP contribution in [0.1, 0.15) is 51.9 Å². The highest BCUT2D eigenvalue weighted by Crippen LogP contribution is 2.39. The Morgan fingerprint density at radius 2 is 1.96 bits per heavy atom. The summed E-state index contributed by atoms with van der Waals surface area (Å²) in [5, 5.41) is 0. The van der Waals surface area contributed by atoms with Crippen molar-refractivity contribution >= 4 is 11.7 Å². The lowest BCUT2D eigenvalue weighted by Gasteiger charge is -2.38. The first-order chi connectivity index (χ1) is 12.2. The maximum absolute atomic E-state index is 13.2. The Balaban J connectivity index is 1.67. The van der Waals surface area contributed by atoms with Crippen molar-refractivity contribution < 1.29 is 4.79 Å². The highest BCUT2D eigenvalue weighted by molar-refractivity contribution is 5.94. The molecule has 1 saturated heterocycles. The van der Waals surface area contributed by atoms with Crippen LogP contribution in [0.2, 0.25) is 0 Å². The Kier molecular flexibility index (Phi) is 5.29. The zero-order valence-corrected chi connectivity index (χ0v) is 17.2. The minimum atomic E-state index is -0.0905. The lowest BCUT2D eigenvalue weighted by Crippen LogP contribution is -2.51. The van der Waals surface area contributed by atoms with E-state index in [1.54, 1.807) is 0 Å². The number of anilines is 1.